The highest BCUT2D eigenvalue weighted by Crippen LogP contribution is 2.40. The first-order valence-electron chi connectivity index (χ1n) is 8.33. The molecule has 2 aromatic rings. The number of nitrogens with zero attached hydrogens (tertiary/aromatic N) is 2. The van der Waals surface area contributed by atoms with Gasteiger partial charge in [0.05, 0.1) is 28.9 Å². The van der Waals surface area contributed by atoms with Crippen molar-refractivity contribution < 1.29 is 4.74 Å². The fraction of sp³-hybridized carbons (Fsp3) is 0.200. The van der Waals surface area contributed by atoms with E-state index in [-0.39, 0.29) is 0 Å². The van der Waals surface area contributed by atoms with Crippen LogP contribution in [0.2, 0.25) is 0 Å². The van der Waals surface area contributed by atoms with E-state index in [0.717, 1.165) is 46.5 Å². The Hall–Kier alpha value is -2.88. The van der Waals surface area contributed by atoms with Gasteiger partial charge in [0.1, 0.15) is 5.82 Å². The number of hydrogen-bond donors (Lipinski definition) is 1. The highest BCUT2D eigenvalue weighted by atomic mass is 16.5. The van der Waals surface area contributed by atoms with Gasteiger partial charge in [-0.2, -0.15) is 0 Å². The van der Waals surface area contributed by atoms with E-state index >= 15 is 0 Å². The molecular weight excluding hydrogens is 298 g/mol. The number of ether oxygens (including phenoxy) is 1. The molecule has 120 valence electrons. The number of nitrogens with one attached hydrogen (secondary N) is 1. The number of aromatic nitrogens is 3. The van der Waals surface area contributed by atoms with Crippen molar-refractivity contribution in [2.24, 2.45) is 0 Å². The SMILES string of the molecule is CCCCOc1nc2cccccc-2c1-c1nc2ccccc2[nH]1. The summed E-state index contributed by atoms with van der Waals surface area (Å²) in [6, 6.07) is 18.1. The van der Waals surface area contributed by atoms with Crippen LogP contribution in [-0.4, -0.2) is 21.6 Å². The lowest BCUT2D eigenvalue weighted by molar-refractivity contribution is 0.301. The zero-order valence-electron chi connectivity index (χ0n) is 13.6. The van der Waals surface area contributed by atoms with E-state index < -0.39 is 0 Å². The molecule has 2 heterocycles. The second-order valence-electron chi connectivity index (χ2n) is 5.81. The molecule has 1 aliphatic carbocycles. The molecule has 1 aliphatic heterocycles. The predicted octanol–water partition coefficient (Wildman–Crippen LogP) is 4.91. The van der Waals surface area contributed by atoms with E-state index in [1.165, 1.54) is 0 Å². The molecule has 0 atom stereocenters. The number of benzene rings is 1. The summed E-state index contributed by atoms with van der Waals surface area (Å²) in [6.45, 7) is 2.82. The average molecular weight is 317 g/mol. The first-order valence-corrected chi connectivity index (χ1v) is 8.33. The minimum absolute atomic E-state index is 0.656. The van der Waals surface area contributed by atoms with Crippen molar-refractivity contribution in [3.8, 4) is 28.5 Å². The minimum atomic E-state index is 0.656. The van der Waals surface area contributed by atoms with Crippen LogP contribution in [0.4, 0.5) is 0 Å². The Morgan fingerprint density at radius 3 is 2.67 bits per heavy atom. The smallest absolute Gasteiger partial charge is 0.225 e. The van der Waals surface area contributed by atoms with Crippen molar-refractivity contribution in [1.29, 1.82) is 0 Å². The van der Waals surface area contributed by atoms with E-state index in [0.29, 0.717) is 12.5 Å². The summed E-state index contributed by atoms with van der Waals surface area (Å²) < 4.78 is 5.97. The lowest BCUT2D eigenvalue weighted by Crippen LogP contribution is -1.98. The summed E-state index contributed by atoms with van der Waals surface area (Å²) in [4.78, 5) is 12.8. The summed E-state index contributed by atoms with van der Waals surface area (Å²) in [7, 11) is 0. The molecule has 4 nitrogen and oxygen atoms in total. The van der Waals surface area contributed by atoms with Crippen molar-refractivity contribution in [3.63, 3.8) is 0 Å². The summed E-state index contributed by atoms with van der Waals surface area (Å²) in [5, 5.41) is 0. The molecule has 0 bridgehead atoms. The zero-order valence-corrected chi connectivity index (χ0v) is 13.6. The Balaban J connectivity index is 1.87. The molecule has 0 radical (unpaired) electrons. The highest BCUT2D eigenvalue weighted by Gasteiger charge is 2.22. The topological polar surface area (TPSA) is 50.8 Å². The van der Waals surface area contributed by atoms with Crippen LogP contribution in [0.3, 0.4) is 0 Å². The molecular formula is C20H19N3O. The second kappa shape index (κ2) is 6.32. The highest BCUT2D eigenvalue weighted by molar-refractivity contribution is 5.89. The normalized spacial score (nSPS) is 11.2. The van der Waals surface area contributed by atoms with Crippen molar-refractivity contribution in [2.75, 3.05) is 6.61 Å². The first kappa shape index (κ1) is 14.7. The van der Waals surface area contributed by atoms with Crippen LogP contribution in [-0.2, 0) is 0 Å². The number of imidazole rings is 1. The molecule has 0 unspecified atom stereocenters. The van der Waals surface area contributed by atoms with Gasteiger partial charge in [-0.05, 0) is 24.6 Å². The molecule has 0 amide bonds. The number of H-pyrrole nitrogens is 1. The molecule has 0 saturated carbocycles. The molecule has 4 rings (SSSR count). The van der Waals surface area contributed by atoms with E-state index in [9.17, 15) is 0 Å². The Kier molecular flexibility index (Phi) is 3.87. The van der Waals surface area contributed by atoms with E-state index in [1.54, 1.807) is 0 Å². The van der Waals surface area contributed by atoms with Gasteiger partial charge in [0.25, 0.3) is 0 Å². The maximum atomic E-state index is 5.97. The number of rotatable bonds is 5. The third-order valence-electron chi connectivity index (χ3n) is 4.08. The maximum Gasteiger partial charge on any atom is 0.225 e. The van der Waals surface area contributed by atoms with E-state index in [4.69, 9.17) is 9.72 Å². The van der Waals surface area contributed by atoms with Gasteiger partial charge in [-0.15, -0.1) is 0 Å². The molecule has 4 heteroatoms. The molecule has 0 saturated heterocycles. The third-order valence-corrected chi connectivity index (χ3v) is 4.08. The Morgan fingerprint density at radius 1 is 0.958 bits per heavy atom. The summed E-state index contributed by atoms with van der Waals surface area (Å²) in [5.74, 6) is 1.46. The van der Waals surface area contributed by atoms with Gasteiger partial charge in [0.2, 0.25) is 5.88 Å². The molecule has 1 aromatic carbocycles. The number of fused-ring (bicyclic) bond motifs is 2. The second-order valence-corrected chi connectivity index (χ2v) is 5.81. The molecule has 0 fully saturated rings. The number of para-hydroxylation sites is 2. The maximum absolute atomic E-state index is 5.97. The largest absolute Gasteiger partial charge is 0.477 e. The molecule has 24 heavy (non-hydrogen) atoms. The van der Waals surface area contributed by atoms with Gasteiger partial charge in [0.15, 0.2) is 0 Å². The first-order chi connectivity index (χ1) is 11.9. The minimum Gasteiger partial charge on any atom is -0.477 e. The number of unbranched alkanes of at least 4 members (excludes halogenated alkanes) is 1. The fourth-order valence-electron chi connectivity index (χ4n) is 2.84. The number of aromatic amines is 1. The van der Waals surface area contributed by atoms with Gasteiger partial charge in [0, 0.05) is 5.56 Å². The molecule has 2 aliphatic rings. The summed E-state index contributed by atoms with van der Waals surface area (Å²) in [6.07, 6.45) is 2.10. The third kappa shape index (κ3) is 2.60. The van der Waals surface area contributed by atoms with Crippen molar-refractivity contribution in [3.05, 3.63) is 54.6 Å². The van der Waals surface area contributed by atoms with Crippen molar-refractivity contribution >= 4 is 11.0 Å². The van der Waals surface area contributed by atoms with Crippen LogP contribution < -0.4 is 4.74 Å². The standard InChI is InChI=1S/C20H19N3O/c1-2-3-13-24-20-18(14-9-5-4-6-10-15(14)23-20)19-21-16-11-7-8-12-17(16)22-19/h4-12H,2-3,13H2,1H3,(H,21,22). The van der Waals surface area contributed by atoms with E-state index in [2.05, 4.69) is 23.0 Å². The quantitative estimate of drug-likeness (QED) is 0.532. The number of hydrogen-bond acceptors (Lipinski definition) is 3. The van der Waals surface area contributed by atoms with Gasteiger partial charge in [-0.1, -0.05) is 49.7 Å². The van der Waals surface area contributed by atoms with Gasteiger partial charge >= 0.3 is 0 Å². The average Bonchev–Trinajstić information content (AvgIpc) is 3.08. The van der Waals surface area contributed by atoms with Crippen LogP contribution in [0, 0.1) is 0 Å². The van der Waals surface area contributed by atoms with Crippen molar-refractivity contribution in [1.82, 2.24) is 15.0 Å². The predicted molar refractivity (Wildman–Crippen MR) is 96.3 cm³/mol. The van der Waals surface area contributed by atoms with Gasteiger partial charge < -0.3 is 9.72 Å². The molecule has 1 aromatic heterocycles. The van der Waals surface area contributed by atoms with Crippen molar-refractivity contribution in [2.45, 2.75) is 19.8 Å². The Bertz CT molecular complexity index is 912. The Morgan fingerprint density at radius 2 is 1.79 bits per heavy atom. The van der Waals surface area contributed by atoms with Crippen LogP contribution >= 0.6 is 0 Å². The Labute approximate surface area is 140 Å². The lowest BCUT2D eigenvalue weighted by atomic mass is 10.1. The summed E-state index contributed by atoms with van der Waals surface area (Å²) in [5.41, 5.74) is 4.87. The lowest BCUT2D eigenvalue weighted by Gasteiger charge is -2.04. The van der Waals surface area contributed by atoms with E-state index in [1.807, 2.05) is 48.5 Å². The van der Waals surface area contributed by atoms with Crippen LogP contribution in [0.15, 0.2) is 54.6 Å². The van der Waals surface area contributed by atoms with Gasteiger partial charge in [-0.25, -0.2) is 9.97 Å². The zero-order chi connectivity index (χ0) is 16.4. The fourth-order valence-corrected chi connectivity index (χ4v) is 2.84. The molecule has 1 N–H and O–H groups in total. The summed E-state index contributed by atoms with van der Waals surface area (Å²) >= 11 is 0. The molecule has 0 spiro atoms. The van der Waals surface area contributed by atoms with Crippen LogP contribution in [0.25, 0.3) is 33.7 Å². The van der Waals surface area contributed by atoms with Crippen LogP contribution in [0.1, 0.15) is 19.8 Å². The van der Waals surface area contributed by atoms with Crippen LogP contribution in [0.5, 0.6) is 5.88 Å². The monoisotopic (exact) mass is 317 g/mol. The van der Waals surface area contributed by atoms with Gasteiger partial charge in [-0.3, -0.25) is 0 Å².